The molecule has 0 bridgehead atoms. The summed E-state index contributed by atoms with van der Waals surface area (Å²) in [5.41, 5.74) is 4.11. The summed E-state index contributed by atoms with van der Waals surface area (Å²) in [6, 6.07) is 4.09. The van der Waals surface area contributed by atoms with Crippen LogP contribution < -0.4 is 5.84 Å². The Morgan fingerprint density at radius 3 is 2.18 bits per heavy atom. The molecule has 1 aromatic rings. The monoisotopic (exact) mass is 234 g/mol. The van der Waals surface area contributed by atoms with Crippen molar-refractivity contribution in [2.45, 2.75) is 40.0 Å². The van der Waals surface area contributed by atoms with Gasteiger partial charge in [0.25, 0.3) is 0 Å². The predicted molar refractivity (Wildman–Crippen MR) is 70.6 cm³/mol. The van der Waals surface area contributed by atoms with Crippen molar-refractivity contribution in [2.24, 2.45) is 5.84 Å². The molecular formula is C14H22N2O. The lowest BCUT2D eigenvalue weighted by molar-refractivity contribution is -0.135. The highest BCUT2D eigenvalue weighted by Crippen LogP contribution is 2.30. The van der Waals surface area contributed by atoms with Gasteiger partial charge in [0.15, 0.2) is 0 Å². The van der Waals surface area contributed by atoms with Crippen LogP contribution in [-0.4, -0.2) is 18.0 Å². The maximum absolute atomic E-state index is 12.1. The number of rotatable bonds is 2. The normalized spacial score (nSPS) is 11.5. The third-order valence-electron chi connectivity index (χ3n) is 3.59. The SMILES string of the molecule is Cc1ccc(C(C)(C)C(=O)N(C)N)c(C)c1C. The lowest BCUT2D eigenvalue weighted by Gasteiger charge is -2.29. The first kappa shape index (κ1) is 13.7. The molecule has 0 aliphatic rings. The zero-order chi connectivity index (χ0) is 13.4. The van der Waals surface area contributed by atoms with Crippen LogP contribution in [0.5, 0.6) is 0 Å². The molecule has 0 fully saturated rings. The van der Waals surface area contributed by atoms with E-state index < -0.39 is 5.41 Å². The van der Waals surface area contributed by atoms with E-state index in [-0.39, 0.29) is 5.91 Å². The van der Waals surface area contributed by atoms with Crippen LogP contribution in [0.15, 0.2) is 12.1 Å². The minimum Gasteiger partial charge on any atom is -0.283 e. The fourth-order valence-electron chi connectivity index (χ4n) is 2.19. The molecule has 1 aromatic carbocycles. The number of amides is 1. The minimum absolute atomic E-state index is 0.0798. The zero-order valence-corrected chi connectivity index (χ0v) is 11.6. The Labute approximate surface area is 104 Å². The van der Waals surface area contributed by atoms with E-state index in [1.54, 1.807) is 7.05 Å². The topological polar surface area (TPSA) is 46.3 Å². The molecule has 0 aromatic heterocycles. The summed E-state index contributed by atoms with van der Waals surface area (Å²) in [7, 11) is 1.58. The maximum Gasteiger partial charge on any atom is 0.246 e. The molecule has 0 spiro atoms. The van der Waals surface area contributed by atoms with E-state index in [1.165, 1.54) is 16.7 Å². The van der Waals surface area contributed by atoms with Crippen LogP contribution in [0.1, 0.15) is 36.1 Å². The van der Waals surface area contributed by atoms with Gasteiger partial charge in [-0.05, 0) is 56.9 Å². The number of carbonyl (C=O) groups excluding carboxylic acids is 1. The van der Waals surface area contributed by atoms with Crippen molar-refractivity contribution in [3.8, 4) is 0 Å². The van der Waals surface area contributed by atoms with Crippen LogP contribution in [0, 0.1) is 20.8 Å². The van der Waals surface area contributed by atoms with Crippen LogP contribution in [0.3, 0.4) is 0 Å². The summed E-state index contributed by atoms with van der Waals surface area (Å²) < 4.78 is 0. The Bertz CT molecular complexity index is 448. The molecule has 0 saturated carbocycles. The van der Waals surface area contributed by atoms with Gasteiger partial charge in [-0.3, -0.25) is 9.80 Å². The number of hydrazine groups is 1. The molecule has 0 heterocycles. The molecule has 2 N–H and O–H groups in total. The average Bonchev–Trinajstić information content (AvgIpc) is 2.24. The second-order valence-electron chi connectivity index (χ2n) is 5.22. The van der Waals surface area contributed by atoms with E-state index in [2.05, 4.69) is 26.8 Å². The van der Waals surface area contributed by atoms with Crippen LogP contribution in [0.2, 0.25) is 0 Å². The van der Waals surface area contributed by atoms with Gasteiger partial charge in [0, 0.05) is 7.05 Å². The van der Waals surface area contributed by atoms with E-state index in [0.29, 0.717) is 0 Å². The van der Waals surface area contributed by atoms with Gasteiger partial charge in [-0.1, -0.05) is 12.1 Å². The average molecular weight is 234 g/mol. The van der Waals surface area contributed by atoms with Gasteiger partial charge in [0.2, 0.25) is 5.91 Å². The smallest absolute Gasteiger partial charge is 0.246 e. The number of hydrogen-bond acceptors (Lipinski definition) is 2. The van der Waals surface area contributed by atoms with Gasteiger partial charge in [0.1, 0.15) is 0 Å². The quantitative estimate of drug-likeness (QED) is 0.484. The number of benzene rings is 1. The molecule has 1 rings (SSSR count). The summed E-state index contributed by atoms with van der Waals surface area (Å²) >= 11 is 0. The highest BCUT2D eigenvalue weighted by molar-refractivity contribution is 5.87. The van der Waals surface area contributed by atoms with Crippen LogP contribution in [0.25, 0.3) is 0 Å². The Hall–Kier alpha value is -1.35. The first-order valence-corrected chi connectivity index (χ1v) is 5.79. The van der Waals surface area contributed by atoms with E-state index in [0.717, 1.165) is 10.6 Å². The Kier molecular flexibility index (Phi) is 3.62. The van der Waals surface area contributed by atoms with E-state index in [9.17, 15) is 4.79 Å². The van der Waals surface area contributed by atoms with Gasteiger partial charge >= 0.3 is 0 Å². The molecule has 0 atom stereocenters. The van der Waals surface area contributed by atoms with Crippen molar-refractivity contribution in [3.63, 3.8) is 0 Å². The Morgan fingerprint density at radius 2 is 1.71 bits per heavy atom. The minimum atomic E-state index is -0.591. The van der Waals surface area contributed by atoms with E-state index in [4.69, 9.17) is 5.84 Å². The molecule has 17 heavy (non-hydrogen) atoms. The third-order valence-corrected chi connectivity index (χ3v) is 3.59. The molecule has 94 valence electrons. The fourth-order valence-corrected chi connectivity index (χ4v) is 2.19. The number of carbonyl (C=O) groups is 1. The first-order valence-electron chi connectivity index (χ1n) is 5.79. The van der Waals surface area contributed by atoms with Gasteiger partial charge < -0.3 is 0 Å². The van der Waals surface area contributed by atoms with Crippen molar-refractivity contribution in [3.05, 3.63) is 34.4 Å². The second-order valence-corrected chi connectivity index (χ2v) is 5.22. The van der Waals surface area contributed by atoms with Gasteiger partial charge in [0.05, 0.1) is 5.41 Å². The number of aryl methyl sites for hydroxylation is 1. The lowest BCUT2D eigenvalue weighted by Crippen LogP contribution is -2.45. The number of likely N-dealkylation sites (N-methyl/N-ethyl adjacent to an activating group) is 1. The molecule has 0 aliphatic carbocycles. The van der Waals surface area contributed by atoms with Crippen molar-refractivity contribution >= 4 is 5.91 Å². The first-order chi connectivity index (χ1) is 7.69. The summed E-state index contributed by atoms with van der Waals surface area (Å²) in [5, 5.41) is 1.16. The number of hydrogen-bond donors (Lipinski definition) is 1. The van der Waals surface area contributed by atoms with E-state index >= 15 is 0 Å². The molecule has 0 unspecified atom stereocenters. The van der Waals surface area contributed by atoms with Crippen LogP contribution in [0.4, 0.5) is 0 Å². The molecule has 0 radical (unpaired) electrons. The van der Waals surface area contributed by atoms with Crippen molar-refractivity contribution < 1.29 is 4.79 Å². The summed E-state index contributed by atoms with van der Waals surface area (Å²) in [6.07, 6.45) is 0. The molecule has 3 nitrogen and oxygen atoms in total. The molecule has 0 aliphatic heterocycles. The third kappa shape index (κ3) is 2.34. The molecule has 0 saturated heterocycles. The number of nitrogens with zero attached hydrogens (tertiary/aromatic N) is 1. The highest BCUT2D eigenvalue weighted by atomic mass is 16.2. The fraction of sp³-hybridized carbons (Fsp3) is 0.500. The zero-order valence-electron chi connectivity index (χ0n) is 11.6. The standard InChI is InChI=1S/C14H22N2O/c1-9-7-8-12(11(3)10(9)2)14(4,5)13(17)16(6)15/h7-8H,15H2,1-6H3. The van der Waals surface area contributed by atoms with Crippen molar-refractivity contribution in [1.82, 2.24) is 5.01 Å². The highest BCUT2D eigenvalue weighted by Gasteiger charge is 2.33. The predicted octanol–water partition coefficient (Wildman–Crippen LogP) is 2.22. The summed E-state index contributed by atoms with van der Waals surface area (Å²) in [6.45, 7) is 10.0. The van der Waals surface area contributed by atoms with Gasteiger partial charge in [-0.15, -0.1) is 0 Å². The molecule has 3 heteroatoms. The van der Waals surface area contributed by atoms with E-state index in [1.807, 2.05) is 19.9 Å². The Balaban J connectivity index is 3.34. The molecular weight excluding hydrogens is 212 g/mol. The van der Waals surface area contributed by atoms with Gasteiger partial charge in [-0.2, -0.15) is 0 Å². The Morgan fingerprint density at radius 1 is 1.18 bits per heavy atom. The second kappa shape index (κ2) is 4.49. The number of nitrogens with two attached hydrogens (primary N) is 1. The van der Waals surface area contributed by atoms with Crippen LogP contribution in [-0.2, 0) is 10.2 Å². The van der Waals surface area contributed by atoms with Gasteiger partial charge in [-0.25, -0.2) is 5.84 Å². The molecule has 1 amide bonds. The maximum atomic E-state index is 12.1. The summed E-state index contributed by atoms with van der Waals surface area (Å²) in [4.78, 5) is 12.1. The largest absolute Gasteiger partial charge is 0.283 e. The van der Waals surface area contributed by atoms with Crippen molar-refractivity contribution in [1.29, 1.82) is 0 Å². The van der Waals surface area contributed by atoms with Crippen molar-refractivity contribution in [2.75, 3.05) is 7.05 Å². The van der Waals surface area contributed by atoms with Crippen LogP contribution >= 0.6 is 0 Å². The summed E-state index contributed by atoms with van der Waals surface area (Å²) in [5.74, 6) is 5.48. The lowest BCUT2D eigenvalue weighted by atomic mass is 9.79.